The van der Waals surface area contributed by atoms with Crippen molar-refractivity contribution in [2.45, 2.75) is 188 Å². The highest BCUT2D eigenvalue weighted by atomic mass is 15.3. The van der Waals surface area contributed by atoms with E-state index in [9.17, 15) is 0 Å². The summed E-state index contributed by atoms with van der Waals surface area (Å²) in [5, 5.41) is 0. The fourth-order valence-corrected chi connectivity index (χ4v) is 13.5. The van der Waals surface area contributed by atoms with Crippen LogP contribution in [0.15, 0.2) is 140 Å². The second-order valence-corrected chi connectivity index (χ2v) is 28.7. The maximum atomic E-state index is 2.85. The molecule has 4 heteroatoms. The molecule has 2 atom stereocenters. The van der Waals surface area contributed by atoms with Crippen molar-refractivity contribution >= 4 is 68.6 Å². The summed E-state index contributed by atoms with van der Waals surface area (Å²) >= 11 is 0. The molecule has 0 aromatic heterocycles. The standard InChI is InChI=1S/C71H84BN3/c1-65(2,3)47-26-32-52(33-27-47)73-60-37-31-50(68(10,11)12)42-57(60)72-56-34-28-51(69(13,14)15)43-61(56)74(58-35-29-48(66(4,5)6)40-54(58)46-24-20-18-21-25-46)63-45-53(44-62(73)64(63)72)75-59-36-30-49(67(7,8)9)41-55(59)70(16)38-22-19-23-39-71(70,75)17/h18,20-21,24-37,40-45H,19,22-23,38-39H2,1-17H3. The Morgan fingerprint density at radius 2 is 0.893 bits per heavy atom. The van der Waals surface area contributed by atoms with E-state index < -0.39 is 0 Å². The van der Waals surface area contributed by atoms with Gasteiger partial charge in [0.1, 0.15) is 0 Å². The van der Waals surface area contributed by atoms with Crippen molar-refractivity contribution in [1.29, 1.82) is 0 Å². The Balaban J connectivity index is 1.31. The fourth-order valence-electron chi connectivity index (χ4n) is 13.5. The van der Waals surface area contributed by atoms with Crippen molar-refractivity contribution in [3.63, 3.8) is 0 Å². The highest BCUT2D eigenvalue weighted by Gasteiger charge is 2.57. The quantitative estimate of drug-likeness (QED) is 0.163. The van der Waals surface area contributed by atoms with E-state index in [0.717, 1.165) is 6.42 Å². The van der Waals surface area contributed by atoms with E-state index >= 15 is 0 Å². The molecule has 75 heavy (non-hydrogen) atoms. The molecule has 1 saturated carbocycles. The summed E-state index contributed by atoms with van der Waals surface area (Å²) in [4.78, 5) is 8.21. The lowest BCUT2D eigenvalue weighted by Crippen LogP contribution is -2.61. The Bertz CT molecular complexity index is 3360. The average molecular weight is 990 g/mol. The molecule has 0 amide bonds. The topological polar surface area (TPSA) is 9.72 Å². The largest absolute Gasteiger partial charge is 0.334 e. The summed E-state index contributed by atoms with van der Waals surface area (Å²) in [5.74, 6) is 0. The van der Waals surface area contributed by atoms with Gasteiger partial charge in [-0.2, -0.15) is 0 Å². The maximum Gasteiger partial charge on any atom is 0.252 e. The summed E-state index contributed by atoms with van der Waals surface area (Å²) in [6, 6.07) is 55.9. The van der Waals surface area contributed by atoms with Gasteiger partial charge in [-0.25, -0.2) is 0 Å². The molecule has 7 aromatic carbocycles. The first kappa shape index (κ1) is 51.1. The third kappa shape index (κ3) is 8.29. The molecule has 386 valence electrons. The van der Waals surface area contributed by atoms with Crippen LogP contribution in [0.3, 0.4) is 0 Å². The van der Waals surface area contributed by atoms with Crippen LogP contribution in [0.5, 0.6) is 0 Å². The molecule has 3 heterocycles. The van der Waals surface area contributed by atoms with E-state index in [2.05, 4.69) is 272 Å². The molecule has 1 aliphatic carbocycles. The molecule has 2 unspecified atom stereocenters. The predicted octanol–water partition coefficient (Wildman–Crippen LogP) is 18.1. The molecule has 1 fully saturated rings. The van der Waals surface area contributed by atoms with E-state index in [-0.39, 0.29) is 44.7 Å². The Kier molecular flexibility index (Phi) is 11.8. The highest BCUT2D eigenvalue weighted by molar-refractivity contribution is 7.00. The summed E-state index contributed by atoms with van der Waals surface area (Å²) < 4.78 is 0. The minimum absolute atomic E-state index is 0.0142. The molecule has 0 bridgehead atoms. The first-order valence-electron chi connectivity index (χ1n) is 28.4. The molecule has 7 aromatic rings. The first-order chi connectivity index (χ1) is 35.1. The summed E-state index contributed by atoms with van der Waals surface area (Å²) in [6.45, 7) is 40.6. The number of nitrogens with zero attached hydrogens (tertiary/aromatic N) is 3. The van der Waals surface area contributed by atoms with Gasteiger partial charge in [0, 0.05) is 50.8 Å². The molecule has 0 saturated heterocycles. The van der Waals surface area contributed by atoms with Crippen LogP contribution in [-0.2, 0) is 32.5 Å². The third-order valence-corrected chi connectivity index (χ3v) is 18.4. The highest BCUT2D eigenvalue weighted by Crippen LogP contribution is 2.62. The number of hydrogen-bond donors (Lipinski definition) is 0. The van der Waals surface area contributed by atoms with Gasteiger partial charge in [0.25, 0.3) is 6.71 Å². The van der Waals surface area contributed by atoms with Crippen molar-refractivity contribution in [2.75, 3.05) is 14.7 Å². The van der Waals surface area contributed by atoms with Crippen molar-refractivity contribution in [1.82, 2.24) is 0 Å². The molecule has 0 N–H and O–H groups in total. The van der Waals surface area contributed by atoms with E-state index in [0.29, 0.717) is 0 Å². The minimum Gasteiger partial charge on any atom is -0.334 e. The molecule has 3 nitrogen and oxygen atoms in total. The monoisotopic (exact) mass is 990 g/mol. The van der Waals surface area contributed by atoms with Crippen LogP contribution >= 0.6 is 0 Å². The van der Waals surface area contributed by atoms with Gasteiger partial charge in [-0.15, -0.1) is 0 Å². The smallest absolute Gasteiger partial charge is 0.252 e. The maximum absolute atomic E-state index is 2.85. The Labute approximate surface area is 452 Å². The van der Waals surface area contributed by atoms with Gasteiger partial charge >= 0.3 is 0 Å². The van der Waals surface area contributed by atoms with Crippen LogP contribution < -0.4 is 31.1 Å². The molecule has 0 radical (unpaired) electrons. The summed E-state index contributed by atoms with van der Waals surface area (Å²) in [7, 11) is 0. The SMILES string of the molecule is CC(C)(C)c1ccc(N2c3ccc(C(C)(C)C)cc3B3c4ccc(C(C)(C)C)cc4N(c4ccc(C(C)(C)C)cc4-c4ccccc4)c4cc(N5c6ccc(C(C)(C)C)cc6C6(C)CCCCCC56C)cc2c43)cc1. The lowest BCUT2D eigenvalue weighted by Gasteiger charge is -2.49. The Morgan fingerprint density at radius 1 is 0.387 bits per heavy atom. The minimum atomic E-state index is -0.170. The van der Waals surface area contributed by atoms with Gasteiger partial charge in [0.2, 0.25) is 0 Å². The number of benzene rings is 7. The molecule has 11 rings (SSSR count). The summed E-state index contributed by atoms with van der Waals surface area (Å²) in [6.07, 6.45) is 6.03. The molecular formula is C71H84BN3. The number of anilines is 8. The summed E-state index contributed by atoms with van der Waals surface area (Å²) in [5.41, 5.74) is 24.6. The Hall–Kier alpha value is -6.00. The zero-order valence-corrected chi connectivity index (χ0v) is 48.7. The normalized spacial score (nSPS) is 19.5. The van der Waals surface area contributed by atoms with Crippen molar-refractivity contribution in [2.24, 2.45) is 0 Å². The van der Waals surface area contributed by atoms with Gasteiger partial charge in [0.05, 0.1) is 11.2 Å². The molecule has 3 aliphatic heterocycles. The van der Waals surface area contributed by atoms with Crippen molar-refractivity contribution in [3.8, 4) is 11.1 Å². The lowest BCUT2D eigenvalue weighted by molar-refractivity contribution is 0.261. The third-order valence-electron chi connectivity index (χ3n) is 18.4. The fraction of sp³-hybridized carbons (Fsp3) is 0.408. The van der Waals surface area contributed by atoms with Gasteiger partial charge in [0.15, 0.2) is 0 Å². The van der Waals surface area contributed by atoms with Crippen LogP contribution in [-0.4, -0.2) is 12.3 Å². The van der Waals surface area contributed by atoms with Crippen LogP contribution in [0.1, 0.15) is 183 Å². The molecule has 0 spiro atoms. The first-order valence-corrected chi connectivity index (χ1v) is 28.4. The Morgan fingerprint density at radius 3 is 1.51 bits per heavy atom. The van der Waals surface area contributed by atoms with Crippen molar-refractivity contribution in [3.05, 3.63) is 173 Å². The van der Waals surface area contributed by atoms with E-state index in [1.807, 2.05) is 0 Å². The zero-order valence-electron chi connectivity index (χ0n) is 48.7. The molecular weight excluding hydrogens is 906 g/mol. The number of hydrogen-bond acceptors (Lipinski definition) is 3. The number of rotatable bonds is 4. The van der Waals surface area contributed by atoms with Gasteiger partial charge in [-0.3, -0.25) is 0 Å². The van der Waals surface area contributed by atoms with E-state index in [1.165, 1.54) is 132 Å². The number of fused-ring (bicyclic) bond motifs is 7. The second-order valence-electron chi connectivity index (χ2n) is 28.7. The van der Waals surface area contributed by atoms with Gasteiger partial charge in [-0.05, 0) is 157 Å². The predicted molar refractivity (Wildman–Crippen MR) is 327 cm³/mol. The van der Waals surface area contributed by atoms with E-state index in [4.69, 9.17) is 0 Å². The van der Waals surface area contributed by atoms with Crippen LogP contribution in [0, 0.1) is 0 Å². The van der Waals surface area contributed by atoms with Gasteiger partial charge < -0.3 is 14.7 Å². The van der Waals surface area contributed by atoms with E-state index in [1.54, 1.807) is 0 Å². The van der Waals surface area contributed by atoms with Crippen LogP contribution in [0.25, 0.3) is 11.1 Å². The molecule has 4 aliphatic rings. The van der Waals surface area contributed by atoms with Gasteiger partial charge in [-0.1, -0.05) is 215 Å². The second kappa shape index (κ2) is 17.3. The zero-order chi connectivity index (χ0) is 53.6. The lowest BCUT2D eigenvalue weighted by atomic mass is 9.33. The van der Waals surface area contributed by atoms with Crippen LogP contribution in [0.4, 0.5) is 45.5 Å². The van der Waals surface area contributed by atoms with Crippen molar-refractivity contribution < 1.29 is 0 Å². The van der Waals surface area contributed by atoms with Crippen LogP contribution in [0.2, 0.25) is 0 Å². The average Bonchev–Trinajstić information content (AvgIpc) is 3.40.